The zero-order valence-corrected chi connectivity index (χ0v) is 13.8. The summed E-state index contributed by atoms with van der Waals surface area (Å²) in [6.45, 7) is 7.24. The highest BCUT2D eigenvalue weighted by Crippen LogP contribution is 2.11. The standard InChI is InChI=1S/C18H21NO5/c1-4-10-19(12-16(20)24-5-2)17(21)13(3)11-14-6-8-15(9-7-14)18(22)23/h4,6-9,11H,1,5,10,12H2,2-3H3,(H,22,23)/b13-11+. The lowest BCUT2D eigenvalue weighted by Gasteiger charge is -2.20. The number of rotatable bonds is 8. The summed E-state index contributed by atoms with van der Waals surface area (Å²) < 4.78 is 4.86. The number of carboxylic acids is 1. The van der Waals surface area contributed by atoms with E-state index in [1.807, 2.05) is 0 Å². The van der Waals surface area contributed by atoms with E-state index in [1.54, 1.807) is 32.1 Å². The van der Waals surface area contributed by atoms with Gasteiger partial charge in [0, 0.05) is 12.1 Å². The maximum absolute atomic E-state index is 12.5. The number of benzene rings is 1. The van der Waals surface area contributed by atoms with Gasteiger partial charge >= 0.3 is 11.9 Å². The maximum Gasteiger partial charge on any atom is 0.335 e. The summed E-state index contributed by atoms with van der Waals surface area (Å²) in [7, 11) is 0. The van der Waals surface area contributed by atoms with Crippen LogP contribution < -0.4 is 0 Å². The van der Waals surface area contributed by atoms with E-state index >= 15 is 0 Å². The second kappa shape index (κ2) is 9.29. The predicted octanol–water partition coefficient (Wildman–Crippen LogP) is 2.37. The van der Waals surface area contributed by atoms with Crippen LogP contribution in [-0.2, 0) is 14.3 Å². The molecule has 1 aromatic rings. The molecule has 1 amide bonds. The molecule has 0 bridgehead atoms. The van der Waals surface area contributed by atoms with Gasteiger partial charge in [-0.1, -0.05) is 18.2 Å². The van der Waals surface area contributed by atoms with Crippen molar-refractivity contribution in [3.63, 3.8) is 0 Å². The Morgan fingerprint density at radius 2 is 1.88 bits per heavy atom. The molecule has 0 saturated heterocycles. The minimum Gasteiger partial charge on any atom is -0.478 e. The van der Waals surface area contributed by atoms with Crippen molar-refractivity contribution in [3.05, 3.63) is 53.6 Å². The number of ether oxygens (including phenoxy) is 1. The van der Waals surface area contributed by atoms with E-state index in [-0.39, 0.29) is 31.2 Å². The minimum absolute atomic E-state index is 0.151. The predicted molar refractivity (Wildman–Crippen MR) is 90.5 cm³/mol. The van der Waals surface area contributed by atoms with Gasteiger partial charge in [-0.3, -0.25) is 9.59 Å². The molecule has 0 aliphatic heterocycles. The van der Waals surface area contributed by atoms with E-state index in [0.29, 0.717) is 11.1 Å². The number of aromatic carboxylic acids is 1. The smallest absolute Gasteiger partial charge is 0.335 e. The quantitative estimate of drug-likeness (QED) is 0.449. The first-order chi connectivity index (χ1) is 11.4. The van der Waals surface area contributed by atoms with E-state index < -0.39 is 11.9 Å². The highest BCUT2D eigenvalue weighted by molar-refractivity contribution is 5.98. The molecule has 24 heavy (non-hydrogen) atoms. The van der Waals surface area contributed by atoms with Crippen LogP contribution in [0.25, 0.3) is 6.08 Å². The fourth-order valence-electron chi connectivity index (χ4n) is 2.02. The molecule has 0 atom stereocenters. The number of amides is 1. The fraction of sp³-hybridized carbons (Fsp3) is 0.278. The molecule has 0 heterocycles. The number of hydrogen-bond acceptors (Lipinski definition) is 4. The normalized spacial score (nSPS) is 10.8. The molecule has 0 aliphatic carbocycles. The largest absolute Gasteiger partial charge is 0.478 e. The molecule has 128 valence electrons. The van der Waals surface area contributed by atoms with Gasteiger partial charge in [0.1, 0.15) is 6.54 Å². The number of esters is 1. The van der Waals surface area contributed by atoms with Crippen molar-refractivity contribution < 1.29 is 24.2 Å². The second-order valence-corrected chi connectivity index (χ2v) is 5.03. The van der Waals surface area contributed by atoms with Crippen molar-refractivity contribution in [1.29, 1.82) is 0 Å². The summed E-state index contributed by atoms with van der Waals surface area (Å²) in [6, 6.07) is 6.16. The van der Waals surface area contributed by atoms with Gasteiger partial charge in [0.15, 0.2) is 0 Å². The van der Waals surface area contributed by atoms with Crippen LogP contribution in [0.2, 0.25) is 0 Å². The molecular weight excluding hydrogens is 310 g/mol. The highest BCUT2D eigenvalue weighted by Gasteiger charge is 2.18. The first-order valence-corrected chi connectivity index (χ1v) is 7.46. The summed E-state index contributed by atoms with van der Waals surface area (Å²) in [6.07, 6.45) is 3.17. The molecule has 0 spiro atoms. The molecular formula is C18H21NO5. The van der Waals surface area contributed by atoms with Gasteiger partial charge in [-0.25, -0.2) is 4.79 Å². The third-order valence-corrected chi connectivity index (χ3v) is 3.14. The first-order valence-electron chi connectivity index (χ1n) is 7.46. The monoisotopic (exact) mass is 331 g/mol. The van der Waals surface area contributed by atoms with Gasteiger partial charge in [0.2, 0.25) is 5.91 Å². The number of carbonyl (C=O) groups excluding carboxylic acids is 2. The van der Waals surface area contributed by atoms with Crippen LogP contribution in [0, 0.1) is 0 Å². The Hall–Kier alpha value is -2.89. The number of carboxylic acid groups (broad SMARTS) is 1. The Kier molecular flexibility index (Phi) is 7.42. The molecule has 1 rings (SSSR count). The zero-order chi connectivity index (χ0) is 18.1. The van der Waals surface area contributed by atoms with E-state index in [1.165, 1.54) is 23.1 Å². The SMILES string of the molecule is C=CCN(CC(=O)OCC)C(=O)/C(C)=C/c1ccc(C(=O)O)cc1. The summed E-state index contributed by atoms with van der Waals surface area (Å²) in [5.74, 6) is -1.80. The molecule has 0 fully saturated rings. The molecule has 0 saturated carbocycles. The Morgan fingerprint density at radius 1 is 1.25 bits per heavy atom. The van der Waals surface area contributed by atoms with Crippen LogP contribution in [0.15, 0.2) is 42.5 Å². The van der Waals surface area contributed by atoms with E-state index in [2.05, 4.69) is 6.58 Å². The van der Waals surface area contributed by atoms with Crippen molar-refractivity contribution in [3.8, 4) is 0 Å². The van der Waals surface area contributed by atoms with Crippen LogP contribution in [-0.4, -0.2) is 47.5 Å². The molecule has 6 heteroatoms. The third-order valence-electron chi connectivity index (χ3n) is 3.14. The van der Waals surface area contributed by atoms with E-state index in [4.69, 9.17) is 9.84 Å². The van der Waals surface area contributed by atoms with Crippen molar-refractivity contribution in [2.45, 2.75) is 13.8 Å². The van der Waals surface area contributed by atoms with Crippen LogP contribution >= 0.6 is 0 Å². The van der Waals surface area contributed by atoms with Gasteiger partial charge in [0.05, 0.1) is 12.2 Å². The molecule has 1 aromatic carbocycles. The fourth-order valence-corrected chi connectivity index (χ4v) is 2.02. The van der Waals surface area contributed by atoms with Crippen LogP contribution in [0.3, 0.4) is 0 Å². The van der Waals surface area contributed by atoms with Crippen LogP contribution in [0.5, 0.6) is 0 Å². The average Bonchev–Trinajstić information content (AvgIpc) is 2.54. The van der Waals surface area contributed by atoms with Crippen LogP contribution in [0.4, 0.5) is 0 Å². The van der Waals surface area contributed by atoms with Gasteiger partial charge < -0.3 is 14.7 Å². The van der Waals surface area contributed by atoms with Gasteiger partial charge in [-0.2, -0.15) is 0 Å². The Labute approximate surface area is 141 Å². The Balaban J connectivity index is 2.89. The molecule has 0 radical (unpaired) electrons. The summed E-state index contributed by atoms with van der Waals surface area (Å²) >= 11 is 0. The van der Waals surface area contributed by atoms with Gasteiger partial charge in [-0.05, 0) is 37.6 Å². The maximum atomic E-state index is 12.5. The third kappa shape index (κ3) is 5.72. The lowest BCUT2D eigenvalue weighted by Crippen LogP contribution is -2.37. The number of nitrogens with zero attached hydrogens (tertiary/aromatic N) is 1. The Morgan fingerprint density at radius 3 is 2.38 bits per heavy atom. The van der Waals surface area contributed by atoms with Gasteiger partial charge in [-0.15, -0.1) is 6.58 Å². The minimum atomic E-state index is -1.01. The van der Waals surface area contributed by atoms with Crippen molar-refractivity contribution in [1.82, 2.24) is 4.90 Å². The average molecular weight is 331 g/mol. The topological polar surface area (TPSA) is 83.9 Å². The summed E-state index contributed by atoms with van der Waals surface area (Å²) in [5, 5.41) is 8.88. The number of carbonyl (C=O) groups is 3. The van der Waals surface area contributed by atoms with Crippen molar-refractivity contribution in [2.24, 2.45) is 0 Å². The molecule has 1 N–H and O–H groups in total. The van der Waals surface area contributed by atoms with Crippen LogP contribution in [0.1, 0.15) is 29.8 Å². The summed E-state index contributed by atoms with van der Waals surface area (Å²) in [5.41, 5.74) is 1.29. The lowest BCUT2D eigenvalue weighted by molar-refractivity contribution is -0.147. The second-order valence-electron chi connectivity index (χ2n) is 5.03. The number of hydrogen-bond donors (Lipinski definition) is 1. The first kappa shape index (κ1) is 19.2. The molecule has 6 nitrogen and oxygen atoms in total. The van der Waals surface area contributed by atoms with Gasteiger partial charge in [0.25, 0.3) is 0 Å². The lowest BCUT2D eigenvalue weighted by atomic mass is 10.1. The van der Waals surface area contributed by atoms with E-state index in [9.17, 15) is 14.4 Å². The van der Waals surface area contributed by atoms with E-state index in [0.717, 1.165) is 0 Å². The van der Waals surface area contributed by atoms with Crippen molar-refractivity contribution in [2.75, 3.05) is 19.7 Å². The van der Waals surface area contributed by atoms with Crippen molar-refractivity contribution >= 4 is 23.9 Å². The Bertz CT molecular complexity index is 646. The zero-order valence-electron chi connectivity index (χ0n) is 13.8. The molecule has 0 unspecified atom stereocenters. The highest BCUT2D eigenvalue weighted by atomic mass is 16.5. The molecule has 0 aromatic heterocycles. The molecule has 0 aliphatic rings. The summed E-state index contributed by atoms with van der Waals surface area (Å²) in [4.78, 5) is 36.2.